The molecule has 1 N–H and O–H groups in total. The number of methoxy groups -OCH3 is 1. The van der Waals surface area contributed by atoms with Gasteiger partial charge < -0.3 is 19.9 Å². The highest BCUT2D eigenvalue weighted by molar-refractivity contribution is 5.96. The smallest absolute Gasteiger partial charge is 0.317 e. The highest BCUT2D eigenvalue weighted by Crippen LogP contribution is 2.24. The maximum atomic E-state index is 12.4. The molecule has 2 atom stereocenters. The minimum Gasteiger partial charge on any atom is -0.497 e. The van der Waals surface area contributed by atoms with Crippen LogP contribution < -0.4 is 15.0 Å². The number of likely N-dealkylation sites (tertiary alicyclic amines) is 1. The summed E-state index contributed by atoms with van der Waals surface area (Å²) in [5.41, 5.74) is 0.837. The number of rotatable bonds is 3. The molecule has 24 heavy (non-hydrogen) atoms. The van der Waals surface area contributed by atoms with Crippen molar-refractivity contribution in [1.29, 1.82) is 0 Å². The predicted octanol–water partition coefficient (Wildman–Crippen LogP) is 2.24. The second kappa shape index (κ2) is 7.11. The molecule has 2 aliphatic heterocycles. The molecule has 2 saturated heterocycles. The summed E-state index contributed by atoms with van der Waals surface area (Å²) in [4.78, 5) is 28.3. The van der Waals surface area contributed by atoms with Gasteiger partial charge in [-0.25, -0.2) is 4.79 Å². The van der Waals surface area contributed by atoms with Gasteiger partial charge in [0.25, 0.3) is 0 Å². The van der Waals surface area contributed by atoms with Gasteiger partial charge in [0.05, 0.1) is 13.2 Å². The van der Waals surface area contributed by atoms with Crippen LogP contribution in [0.15, 0.2) is 24.3 Å². The van der Waals surface area contributed by atoms with E-state index in [0.717, 1.165) is 30.9 Å². The van der Waals surface area contributed by atoms with E-state index in [2.05, 4.69) is 12.2 Å². The van der Waals surface area contributed by atoms with Crippen molar-refractivity contribution in [3.63, 3.8) is 0 Å². The summed E-state index contributed by atoms with van der Waals surface area (Å²) in [6.07, 6.45) is 2.58. The van der Waals surface area contributed by atoms with Crippen LogP contribution >= 0.6 is 0 Å². The molecule has 0 aliphatic carbocycles. The Balaban J connectivity index is 1.58. The van der Waals surface area contributed by atoms with E-state index in [0.29, 0.717) is 18.9 Å². The molecule has 2 heterocycles. The third-order valence-corrected chi connectivity index (χ3v) is 4.78. The van der Waals surface area contributed by atoms with E-state index in [-0.39, 0.29) is 18.0 Å². The van der Waals surface area contributed by atoms with Gasteiger partial charge in [-0.15, -0.1) is 0 Å². The highest BCUT2D eigenvalue weighted by atomic mass is 16.5. The fourth-order valence-electron chi connectivity index (χ4n) is 3.46. The minimum atomic E-state index is -0.135. The molecule has 1 aromatic rings. The third-order valence-electron chi connectivity index (χ3n) is 4.78. The largest absolute Gasteiger partial charge is 0.497 e. The van der Waals surface area contributed by atoms with Crippen molar-refractivity contribution in [2.75, 3.05) is 31.6 Å². The van der Waals surface area contributed by atoms with Gasteiger partial charge in [-0.2, -0.15) is 0 Å². The Labute approximate surface area is 142 Å². The molecule has 2 fully saturated rings. The molecule has 130 valence electrons. The number of amides is 3. The van der Waals surface area contributed by atoms with Crippen molar-refractivity contribution < 1.29 is 14.3 Å². The van der Waals surface area contributed by atoms with Crippen LogP contribution in [0.3, 0.4) is 0 Å². The molecule has 1 aromatic carbocycles. The second-order valence-corrected chi connectivity index (χ2v) is 6.75. The molecule has 0 saturated carbocycles. The molecular formula is C18H25N3O3. The van der Waals surface area contributed by atoms with E-state index in [4.69, 9.17) is 4.74 Å². The number of hydrogen-bond donors (Lipinski definition) is 1. The van der Waals surface area contributed by atoms with Gasteiger partial charge in [-0.1, -0.05) is 6.92 Å². The lowest BCUT2D eigenvalue weighted by Gasteiger charge is -2.31. The number of urea groups is 1. The zero-order valence-electron chi connectivity index (χ0n) is 14.3. The molecule has 0 unspecified atom stereocenters. The van der Waals surface area contributed by atoms with Crippen LogP contribution in [0.2, 0.25) is 0 Å². The van der Waals surface area contributed by atoms with Gasteiger partial charge in [-0.05, 0) is 43.0 Å². The van der Waals surface area contributed by atoms with Gasteiger partial charge in [0.15, 0.2) is 0 Å². The van der Waals surface area contributed by atoms with Crippen LogP contribution in [0.25, 0.3) is 0 Å². The first-order valence-electron chi connectivity index (χ1n) is 8.56. The standard InChI is InChI=1S/C18H25N3O3/c1-13-4-3-9-20(11-13)18(23)19-14-10-17(22)21(12-14)15-5-7-16(24-2)8-6-15/h5-8,13-14H,3-4,9-12H2,1-2H3,(H,19,23)/t13-,14-/m0/s1. The zero-order chi connectivity index (χ0) is 17.1. The summed E-state index contributed by atoms with van der Waals surface area (Å²) in [7, 11) is 1.61. The number of nitrogens with one attached hydrogen (secondary N) is 1. The summed E-state index contributed by atoms with van der Waals surface area (Å²) < 4.78 is 5.14. The molecule has 2 aliphatic rings. The average molecular weight is 331 g/mol. The Hall–Kier alpha value is -2.24. The number of anilines is 1. The Kier molecular flexibility index (Phi) is 4.92. The SMILES string of the molecule is COc1ccc(N2C[C@@H](NC(=O)N3CCC[C@H](C)C3)CC2=O)cc1. The summed E-state index contributed by atoms with van der Waals surface area (Å²) in [6, 6.07) is 7.23. The van der Waals surface area contributed by atoms with Gasteiger partial charge in [0, 0.05) is 31.7 Å². The average Bonchev–Trinajstić information content (AvgIpc) is 2.95. The lowest BCUT2D eigenvalue weighted by molar-refractivity contribution is -0.117. The van der Waals surface area contributed by atoms with E-state index in [1.807, 2.05) is 29.2 Å². The fraction of sp³-hybridized carbons (Fsp3) is 0.556. The number of hydrogen-bond acceptors (Lipinski definition) is 3. The van der Waals surface area contributed by atoms with Crippen LogP contribution in [0, 0.1) is 5.92 Å². The summed E-state index contributed by atoms with van der Waals surface area (Å²) in [6.45, 7) is 4.29. The van der Waals surface area contributed by atoms with Gasteiger partial charge in [-0.3, -0.25) is 4.79 Å². The van der Waals surface area contributed by atoms with E-state index < -0.39 is 0 Å². The normalized spacial score (nSPS) is 24.2. The van der Waals surface area contributed by atoms with Crippen LogP contribution in [-0.4, -0.2) is 49.6 Å². The van der Waals surface area contributed by atoms with Crippen molar-refractivity contribution in [2.24, 2.45) is 5.92 Å². The molecule has 0 spiro atoms. The molecular weight excluding hydrogens is 306 g/mol. The lowest BCUT2D eigenvalue weighted by Crippen LogP contribution is -2.49. The van der Waals surface area contributed by atoms with E-state index in [1.54, 1.807) is 12.0 Å². The molecule has 3 amide bonds. The molecule has 6 heteroatoms. The fourth-order valence-corrected chi connectivity index (χ4v) is 3.46. The molecule has 0 radical (unpaired) electrons. The maximum absolute atomic E-state index is 12.4. The van der Waals surface area contributed by atoms with Gasteiger partial charge >= 0.3 is 6.03 Å². The predicted molar refractivity (Wildman–Crippen MR) is 92.3 cm³/mol. The summed E-state index contributed by atoms with van der Waals surface area (Å²) in [5.74, 6) is 1.34. The minimum absolute atomic E-state index is 0.0393. The van der Waals surface area contributed by atoms with Crippen LogP contribution in [-0.2, 0) is 4.79 Å². The molecule has 0 aromatic heterocycles. The number of ether oxygens (including phenoxy) is 1. The number of carbonyl (C=O) groups excluding carboxylic acids is 2. The second-order valence-electron chi connectivity index (χ2n) is 6.75. The maximum Gasteiger partial charge on any atom is 0.317 e. The quantitative estimate of drug-likeness (QED) is 0.924. The van der Waals surface area contributed by atoms with Crippen molar-refractivity contribution >= 4 is 17.6 Å². The van der Waals surface area contributed by atoms with Gasteiger partial charge in [0.1, 0.15) is 5.75 Å². The Bertz CT molecular complexity index is 602. The first-order chi connectivity index (χ1) is 11.6. The van der Waals surface area contributed by atoms with Crippen molar-refractivity contribution in [2.45, 2.75) is 32.2 Å². The first kappa shape index (κ1) is 16.6. The number of nitrogens with zero attached hydrogens (tertiary/aromatic N) is 2. The molecule has 6 nitrogen and oxygen atoms in total. The lowest BCUT2D eigenvalue weighted by atomic mass is 10.0. The summed E-state index contributed by atoms with van der Waals surface area (Å²) in [5, 5.41) is 3.02. The molecule has 0 bridgehead atoms. The van der Waals surface area contributed by atoms with Crippen LogP contribution in [0.4, 0.5) is 10.5 Å². The third kappa shape index (κ3) is 3.63. The first-order valence-corrected chi connectivity index (χ1v) is 8.56. The number of carbonyl (C=O) groups is 2. The number of benzene rings is 1. The highest BCUT2D eigenvalue weighted by Gasteiger charge is 2.33. The van der Waals surface area contributed by atoms with Crippen molar-refractivity contribution in [3.05, 3.63) is 24.3 Å². The topological polar surface area (TPSA) is 61.9 Å². The monoisotopic (exact) mass is 331 g/mol. The zero-order valence-corrected chi connectivity index (χ0v) is 14.3. The van der Waals surface area contributed by atoms with E-state index in [9.17, 15) is 9.59 Å². The van der Waals surface area contributed by atoms with Crippen LogP contribution in [0.1, 0.15) is 26.2 Å². The van der Waals surface area contributed by atoms with E-state index >= 15 is 0 Å². The molecule has 3 rings (SSSR count). The summed E-state index contributed by atoms with van der Waals surface area (Å²) >= 11 is 0. The Morgan fingerprint density at radius 2 is 2.00 bits per heavy atom. The van der Waals surface area contributed by atoms with Crippen molar-refractivity contribution in [3.8, 4) is 5.75 Å². The van der Waals surface area contributed by atoms with E-state index in [1.165, 1.54) is 6.42 Å². The Morgan fingerprint density at radius 1 is 1.25 bits per heavy atom. The van der Waals surface area contributed by atoms with Gasteiger partial charge in [0.2, 0.25) is 5.91 Å². The number of piperidine rings is 1. The van der Waals surface area contributed by atoms with Crippen molar-refractivity contribution in [1.82, 2.24) is 10.2 Å². The van der Waals surface area contributed by atoms with Crippen LogP contribution in [0.5, 0.6) is 5.75 Å². The Morgan fingerprint density at radius 3 is 2.67 bits per heavy atom.